The summed E-state index contributed by atoms with van der Waals surface area (Å²) in [5.41, 5.74) is 1.19. The summed E-state index contributed by atoms with van der Waals surface area (Å²) in [6.45, 7) is 4.49. The van der Waals surface area contributed by atoms with Crippen molar-refractivity contribution in [1.82, 2.24) is 10.3 Å². The highest BCUT2D eigenvalue weighted by atomic mass is 14.8. The highest BCUT2D eigenvalue weighted by Gasteiger charge is 1.94. The Morgan fingerprint density at radius 1 is 0.810 bits per heavy atom. The largest absolute Gasteiger partial charge is 0.316 e. The van der Waals surface area contributed by atoms with Crippen molar-refractivity contribution in [2.45, 2.75) is 77.6 Å². The lowest BCUT2D eigenvalue weighted by molar-refractivity contribution is 0.544. The molecular weight excluding hydrogens is 256 g/mol. The standard InChI is InChI=1S/C19H34N2/c1-2-3-4-5-6-7-8-9-10-12-16-20-18-15-19-14-11-13-17-21-19/h11,13-14,17,20H,2-10,12,15-16,18H2,1H3. The molecule has 1 N–H and O–H groups in total. The maximum atomic E-state index is 4.33. The molecule has 1 heterocycles. The first-order valence-electron chi connectivity index (χ1n) is 9.04. The van der Waals surface area contributed by atoms with E-state index in [1.165, 1.54) is 69.9 Å². The average Bonchev–Trinajstić information content (AvgIpc) is 2.53. The molecule has 1 aromatic heterocycles. The van der Waals surface area contributed by atoms with Gasteiger partial charge in [0, 0.05) is 24.9 Å². The van der Waals surface area contributed by atoms with Crippen LogP contribution in [0.15, 0.2) is 24.4 Å². The molecular formula is C19H34N2. The van der Waals surface area contributed by atoms with Gasteiger partial charge in [-0.25, -0.2) is 0 Å². The molecule has 0 bridgehead atoms. The van der Waals surface area contributed by atoms with E-state index in [0.29, 0.717) is 0 Å². The average molecular weight is 290 g/mol. The highest BCUT2D eigenvalue weighted by Crippen LogP contribution is 2.10. The van der Waals surface area contributed by atoms with Crippen LogP contribution in [0.3, 0.4) is 0 Å². The molecule has 1 aromatic rings. The molecule has 0 aliphatic heterocycles. The predicted molar refractivity (Wildman–Crippen MR) is 92.7 cm³/mol. The van der Waals surface area contributed by atoms with Gasteiger partial charge in [-0.2, -0.15) is 0 Å². The number of nitrogens with zero attached hydrogens (tertiary/aromatic N) is 1. The summed E-state index contributed by atoms with van der Waals surface area (Å²) in [5, 5.41) is 3.52. The first-order chi connectivity index (χ1) is 10.4. The van der Waals surface area contributed by atoms with Crippen LogP contribution < -0.4 is 5.32 Å². The predicted octanol–water partition coefficient (Wildman–Crippen LogP) is 5.13. The summed E-state index contributed by atoms with van der Waals surface area (Å²) in [5.74, 6) is 0. The monoisotopic (exact) mass is 290 g/mol. The van der Waals surface area contributed by atoms with E-state index in [0.717, 1.165) is 19.5 Å². The first-order valence-corrected chi connectivity index (χ1v) is 9.04. The van der Waals surface area contributed by atoms with Crippen molar-refractivity contribution >= 4 is 0 Å². The first kappa shape index (κ1) is 18.2. The van der Waals surface area contributed by atoms with Crippen molar-refractivity contribution in [2.24, 2.45) is 0 Å². The number of aromatic nitrogens is 1. The number of nitrogens with one attached hydrogen (secondary N) is 1. The molecule has 1 rings (SSSR count). The smallest absolute Gasteiger partial charge is 0.0416 e. The van der Waals surface area contributed by atoms with Gasteiger partial charge in [-0.05, 0) is 25.1 Å². The lowest BCUT2D eigenvalue weighted by atomic mass is 10.1. The molecule has 120 valence electrons. The normalized spacial score (nSPS) is 10.9. The second kappa shape index (κ2) is 14.1. The van der Waals surface area contributed by atoms with Gasteiger partial charge in [0.2, 0.25) is 0 Å². The molecule has 0 unspecified atom stereocenters. The number of rotatable bonds is 14. The Balaban J connectivity index is 1.75. The molecule has 0 spiro atoms. The highest BCUT2D eigenvalue weighted by molar-refractivity contribution is 5.03. The van der Waals surface area contributed by atoms with Gasteiger partial charge in [0.05, 0.1) is 0 Å². The Kier molecular flexibility index (Phi) is 12.2. The summed E-state index contributed by atoms with van der Waals surface area (Å²) < 4.78 is 0. The van der Waals surface area contributed by atoms with Crippen molar-refractivity contribution in [1.29, 1.82) is 0 Å². The van der Waals surface area contributed by atoms with E-state index in [-0.39, 0.29) is 0 Å². The number of hydrogen-bond acceptors (Lipinski definition) is 2. The van der Waals surface area contributed by atoms with E-state index >= 15 is 0 Å². The zero-order valence-corrected chi connectivity index (χ0v) is 13.9. The molecule has 0 atom stereocenters. The van der Waals surface area contributed by atoms with E-state index in [1.54, 1.807) is 0 Å². The van der Waals surface area contributed by atoms with Crippen LogP contribution in [0.4, 0.5) is 0 Å². The van der Waals surface area contributed by atoms with E-state index in [4.69, 9.17) is 0 Å². The van der Waals surface area contributed by atoms with Gasteiger partial charge in [0.1, 0.15) is 0 Å². The van der Waals surface area contributed by atoms with E-state index in [1.807, 2.05) is 12.3 Å². The quantitative estimate of drug-likeness (QED) is 0.480. The van der Waals surface area contributed by atoms with Crippen molar-refractivity contribution in [3.8, 4) is 0 Å². The third kappa shape index (κ3) is 11.4. The van der Waals surface area contributed by atoms with E-state index < -0.39 is 0 Å². The fraction of sp³-hybridized carbons (Fsp3) is 0.737. The van der Waals surface area contributed by atoms with E-state index in [9.17, 15) is 0 Å². The molecule has 0 saturated carbocycles. The Morgan fingerprint density at radius 3 is 2.10 bits per heavy atom. The van der Waals surface area contributed by atoms with Crippen LogP contribution in [0.25, 0.3) is 0 Å². The summed E-state index contributed by atoms with van der Waals surface area (Å²) in [4.78, 5) is 4.33. The SMILES string of the molecule is CCCCCCCCCCCCNCCc1ccccn1. The van der Waals surface area contributed by atoms with Gasteiger partial charge in [0.25, 0.3) is 0 Å². The molecule has 0 amide bonds. The summed E-state index contributed by atoms with van der Waals surface area (Å²) in [7, 11) is 0. The third-order valence-corrected chi connectivity index (χ3v) is 3.99. The Labute approximate surface area is 131 Å². The minimum atomic E-state index is 1.04. The minimum absolute atomic E-state index is 1.04. The maximum Gasteiger partial charge on any atom is 0.0416 e. The van der Waals surface area contributed by atoms with E-state index in [2.05, 4.69) is 29.4 Å². The van der Waals surface area contributed by atoms with Gasteiger partial charge >= 0.3 is 0 Å². The topological polar surface area (TPSA) is 24.9 Å². The second-order valence-electron chi connectivity index (χ2n) is 6.00. The van der Waals surface area contributed by atoms with Gasteiger partial charge in [-0.15, -0.1) is 0 Å². The fourth-order valence-electron chi connectivity index (χ4n) is 2.62. The lowest BCUT2D eigenvalue weighted by Gasteiger charge is -2.05. The van der Waals surface area contributed by atoms with Crippen molar-refractivity contribution in [3.05, 3.63) is 30.1 Å². The number of hydrogen-bond donors (Lipinski definition) is 1. The van der Waals surface area contributed by atoms with Gasteiger partial charge < -0.3 is 5.32 Å². The van der Waals surface area contributed by atoms with Gasteiger partial charge in [-0.1, -0.05) is 70.8 Å². The maximum absolute atomic E-state index is 4.33. The summed E-state index contributed by atoms with van der Waals surface area (Å²) in [6.07, 6.45) is 17.0. The van der Waals surface area contributed by atoms with Crippen LogP contribution in [0, 0.1) is 0 Å². The van der Waals surface area contributed by atoms with Crippen LogP contribution >= 0.6 is 0 Å². The van der Waals surface area contributed by atoms with Crippen LogP contribution in [0.5, 0.6) is 0 Å². The molecule has 2 heteroatoms. The molecule has 0 aromatic carbocycles. The second-order valence-corrected chi connectivity index (χ2v) is 6.00. The van der Waals surface area contributed by atoms with Gasteiger partial charge in [-0.3, -0.25) is 4.98 Å². The zero-order valence-electron chi connectivity index (χ0n) is 13.9. The molecule has 0 saturated heterocycles. The molecule has 21 heavy (non-hydrogen) atoms. The minimum Gasteiger partial charge on any atom is -0.316 e. The van der Waals surface area contributed by atoms with Crippen molar-refractivity contribution < 1.29 is 0 Å². The summed E-state index contributed by atoms with van der Waals surface area (Å²) in [6, 6.07) is 6.13. The molecule has 2 nitrogen and oxygen atoms in total. The molecule has 0 aliphatic carbocycles. The Hall–Kier alpha value is -0.890. The third-order valence-electron chi connectivity index (χ3n) is 3.99. The van der Waals surface area contributed by atoms with Gasteiger partial charge in [0.15, 0.2) is 0 Å². The number of pyridine rings is 1. The van der Waals surface area contributed by atoms with Crippen LogP contribution in [0.1, 0.15) is 76.8 Å². The van der Waals surface area contributed by atoms with Crippen LogP contribution in [0.2, 0.25) is 0 Å². The Morgan fingerprint density at radius 2 is 1.48 bits per heavy atom. The van der Waals surface area contributed by atoms with Crippen molar-refractivity contribution in [2.75, 3.05) is 13.1 Å². The zero-order chi connectivity index (χ0) is 15.0. The number of unbranched alkanes of at least 4 members (excludes halogenated alkanes) is 9. The fourth-order valence-corrected chi connectivity index (χ4v) is 2.62. The van der Waals surface area contributed by atoms with Crippen LogP contribution in [-0.2, 0) is 6.42 Å². The molecule has 0 radical (unpaired) electrons. The van der Waals surface area contributed by atoms with Crippen molar-refractivity contribution in [3.63, 3.8) is 0 Å². The molecule has 0 fully saturated rings. The Bertz CT molecular complexity index is 311. The summed E-state index contributed by atoms with van der Waals surface area (Å²) >= 11 is 0. The molecule has 0 aliphatic rings. The van der Waals surface area contributed by atoms with Crippen LogP contribution in [-0.4, -0.2) is 18.1 Å². The lowest BCUT2D eigenvalue weighted by Crippen LogP contribution is -2.18.